The number of hydrogen-bond acceptors (Lipinski definition) is 1. The van der Waals surface area contributed by atoms with E-state index in [4.69, 9.17) is 0 Å². The Morgan fingerprint density at radius 2 is 2.09 bits per heavy atom. The quantitative estimate of drug-likeness (QED) is 0.571. The summed E-state index contributed by atoms with van der Waals surface area (Å²) in [5.74, 6) is 2.78. The lowest BCUT2D eigenvalue weighted by molar-refractivity contribution is 0.436. The van der Waals surface area contributed by atoms with Gasteiger partial charge in [0.2, 0.25) is 0 Å². The van der Waals surface area contributed by atoms with Gasteiger partial charge in [0.1, 0.15) is 0 Å². The summed E-state index contributed by atoms with van der Waals surface area (Å²) < 4.78 is 0. The second kappa shape index (κ2) is 5.70. The van der Waals surface area contributed by atoms with Crippen molar-refractivity contribution in [2.45, 2.75) is 27.2 Å². The lowest BCUT2D eigenvalue weighted by Crippen LogP contribution is -2.13. The summed E-state index contributed by atoms with van der Waals surface area (Å²) in [6, 6.07) is 0. The maximum Gasteiger partial charge on any atom is -0.00364 e. The number of hydrogen-bond donors (Lipinski definition) is 0. The van der Waals surface area contributed by atoms with Gasteiger partial charge in [0, 0.05) is 0 Å². The van der Waals surface area contributed by atoms with Gasteiger partial charge in [0.05, 0.1) is 0 Å². The van der Waals surface area contributed by atoms with Crippen molar-refractivity contribution in [3.05, 3.63) is 12.2 Å². The summed E-state index contributed by atoms with van der Waals surface area (Å²) in [5, 5.41) is 0. The molecule has 0 nitrogen and oxygen atoms in total. The zero-order valence-electron chi connectivity index (χ0n) is 8.18. The molecule has 0 rings (SSSR count). The molecule has 0 bridgehead atoms. The smallest absolute Gasteiger partial charge is 0.00364 e. The van der Waals surface area contributed by atoms with Crippen LogP contribution in [0, 0.1) is 11.8 Å². The van der Waals surface area contributed by atoms with Crippen molar-refractivity contribution in [3.8, 4) is 0 Å². The zero-order valence-corrected chi connectivity index (χ0v) is 9.00. The Morgan fingerprint density at radius 1 is 1.55 bits per heavy atom. The molecule has 0 amide bonds. The highest BCUT2D eigenvalue weighted by molar-refractivity contribution is 7.98. The van der Waals surface area contributed by atoms with Gasteiger partial charge in [0.15, 0.2) is 0 Å². The zero-order chi connectivity index (χ0) is 8.85. The molecule has 0 N–H and O–H groups in total. The van der Waals surface area contributed by atoms with E-state index in [2.05, 4.69) is 33.6 Å². The van der Waals surface area contributed by atoms with Gasteiger partial charge >= 0.3 is 0 Å². The fraction of sp³-hybridized carbons (Fsp3) is 0.800. The molecular formula is C10H20S. The van der Waals surface area contributed by atoms with Crippen LogP contribution in [0.3, 0.4) is 0 Å². The number of rotatable bonds is 5. The van der Waals surface area contributed by atoms with Gasteiger partial charge < -0.3 is 0 Å². The highest BCUT2D eigenvalue weighted by Crippen LogP contribution is 2.24. The van der Waals surface area contributed by atoms with Crippen LogP contribution in [0.4, 0.5) is 0 Å². The highest BCUT2D eigenvalue weighted by atomic mass is 32.2. The Hall–Kier alpha value is 0.0900. The van der Waals surface area contributed by atoms with E-state index in [-0.39, 0.29) is 0 Å². The Morgan fingerprint density at radius 3 is 2.36 bits per heavy atom. The predicted octanol–water partition coefficient (Wildman–Crippen LogP) is 3.59. The van der Waals surface area contributed by atoms with E-state index in [0.717, 1.165) is 5.92 Å². The second-order valence-electron chi connectivity index (χ2n) is 3.26. The first kappa shape index (κ1) is 11.1. The average Bonchev–Trinajstić information content (AvgIpc) is 1.98. The maximum absolute atomic E-state index is 4.00. The van der Waals surface area contributed by atoms with Crippen molar-refractivity contribution < 1.29 is 0 Å². The molecule has 0 aromatic rings. The molecule has 0 aromatic heterocycles. The Balaban J connectivity index is 3.91. The van der Waals surface area contributed by atoms with Gasteiger partial charge in [-0.2, -0.15) is 11.8 Å². The minimum atomic E-state index is 0.687. The molecule has 0 spiro atoms. The van der Waals surface area contributed by atoms with Gasteiger partial charge in [-0.25, -0.2) is 0 Å². The van der Waals surface area contributed by atoms with Crippen LogP contribution in [0.25, 0.3) is 0 Å². The van der Waals surface area contributed by atoms with E-state index in [1.54, 1.807) is 0 Å². The lowest BCUT2D eigenvalue weighted by Gasteiger charge is -2.21. The lowest BCUT2D eigenvalue weighted by atomic mass is 9.88. The van der Waals surface area contributed by atoms with Crippen LogP contribution in [0.15, 0.2) is 12.2 Å². The van der Waals surface area contributed by atoms with E-state index in [9.17, 15) is 0 Å². The predicted molar refractivity (Wildman–Crippen MR) is 56.1 cm³/mol. The third kappa shape index (κ3) is 3.85. The minimum absolute atomic E-state index is 0.687. The summed E-state index contributed by atoms with van der Waals surface area (Å²) in [6.07, 6.45) is 3.45. The summed E-state index contributed by atoms with van der Waals surface area (Å²) in [6.45, 7) is 10.7. The first-order chi connectivity index (χ1) is 5.13. The Bertz CT molecular complexity index is 118. The molecule has 0 saturated heterocycles. The molecule has 2 atom stereocenters. The van der Waals surface area contributed by atoms with Gasteiger partial charge in [0.25, 0.3) is 0 Å². The van der Waals surface area contributed by atoms with E-state index in [1.807, 2.05) is 11.8 Å². The molecule has 0 radical (unpaired) electrons. The first-order valence-electron chi connectivity index (χ1n) is 4.27. The normalized spacial score (nSPS) is 16.0. The van der Waals surface area contributed by atoms with Gasteiger partial charge in [-0.05, 0) is 30.8 Å². The van der Waals surface area contributed by atoms with Crippen molar-refractivity contribution in [3.63, 3.8) is 0 Å². The fourth-order valence-electron chi connectivity index (χ4n) is 1.23. The molecule has 0 fully saturated rings. The molecule has 0 heterocycles. The van der Waals surface area contributed by atoms with Crippen LogP contribution >= 0.6 is 11.8 Å². The SMILES string of the molecule is C=C(C)C(C)C(CC)CSC. The fourth-order valence-corrected chi connectivity index (χ4v) is 2.18. The molecule has 1 heteroatoms. The third-order valence-corrected chi connectivity index (χ3v) is 3.15. The van der Waals surface area contributed by atoms with Crippen molar-refractivity contribution >= 4 is 11.8 Å². The molecule has 0 aliphatic rings. The van der Waals surface area contributed by atoms with Crippen molar-refractivity contribution in [1.29, 1.82) is 0 Å². The second-order valence-corrected chi connectivity index (χ2v) is 4.17. The van der Waals surface area contributed by atoms with Crippen LogP contribution in [0.2, 0.25) is 0 Å². The van der Waals surface area contributed by atoms with Crippen LogP contribution < -0.4 is 0 Å². The largest absolute Gasteiger partial charge is 0.165 e. The van der Waals surface area contributed by atoms with E-state index >= 15 is 0 Å². The minimum Gasteiger partial charge on any atom is -0.165 e. The Kier molecular flexibility index (Phi) is 5.75. The highest BCUT2D eigenvalue weighted by Gasteiger charge is 2.14. The summed E-state index contributed by atoms with van der Waals surface area (Å²) >= 11 is 1.94. The van der Waals surface area contributed by atoms with Crippen LogP contribution in [-0.2, 0) is 0 Å². The summed E-state index contributed by atoms with van der Waals surface area (Å²) in [7, 11) is 0. The topological polar surface area (TPSA) is 0 Å². The number of allylic oxidation sites excluding steroid dienone is 1. The Labute approximate surface area is 75.5 Å². The first-order valence-corrected chi connectivity index (χ1v) is 5.67. The standard InChI is InChI=1S/C10H20S/c1-6-10(7-11-5)9(4)8(2)3/h9-10H,2,6-7H2,1,3-5H3. The van der Waals surface area contributed by atoms with Crippen molar-refractivity contribution in [1.82, 2.24) is 0 Å². The van der Waals surface area contributed by atoms with Gasteiger partial charge in [-0.1, -0.05) is 32.4 Å². The van der Waals surface area contributed by atoms with E-state index < -0.39 is 0 Å². The van der Waals surface area contributed by atoms with Crippen LogP contribution in [-0.4, -0.2) is 12.0 Å². The average molecular weight is 172 g/mol. The number of thioether (sulfide) groups is 1. The summed E-state index contributed by atoms with van der Waals surface area (Å²) in [5.41, 5.74) is 1.32. The molecular weight excluding hydrogens is 152 g/mol. The molecule has 0 aromatic carbocycles. The molecule has 0 aliphatic heterocycles. The maximum atomic E-state index is 4.00. The van der Waals surface area contributed by atoms with Crippen molar-refractivity contribution in [2.24, 2.45) is 11.8 Å². The van der Waals surface area contributed by atoms with Crippen LogP contribution in [0.5, 0.6) is 0 Å². The van der Waals surface area contributed by atoms with E-state index in [0.29, 0.717) is 5.92 Å². The molecule has 11 heavy (non-hydrogen) atoms. The third-order valence-electron chi connectivity index (χ3n) is 2.39. The van der Waals surface area contributed by atoms with Crippen molar-refractivity contribution in [2.75, 3.05) is 12.0 Å². The van der Waals surface area contributed by atoms with Gasteiger partial charge in [-0.3, -0.25) is 0 Å². The van der Waals surface area contributed by atoms with E-state index in [1.165, 1.54) is 17.7 Å². The van der Waals surface area contributed by atoms with Crippen LogP contribution in [0.1, 0.15) is 27.2 Å². The molecule has 66 valence electrons. The molecule has 0 saturated carbocycles. The monoisotopic (exact) mass is 172 g/mol. The summed E-state index contributed by atoms with van der Waals surface area (Å²) in [4.78, 5) is 0. The molecule has 2 unspecified atom stereocenters. The molecule has 0 aliphatic carbocycles. The van der Waals surface area contributed by atoms with Gasteiger partial charge in [-0.15, -0.1) is 0 Å².